The summed E-state index contributed by atoms with van der Waals surface area (Å²) in [5.74, 6) is 0.676. The van der Waals surface area contributed by atoms with Crippen LogP contribution in [0.5, 0.6) is 0 Å². The summed E-state index contributed by atoms with van der Waals surface area (Å²) in [6.45, 7) is 4.58. The third kappa shape index (κ3) is 5.67. The Labute approximate surface area is 180 Å². The maximum atomic E-state index is 13.0. The molecule has 32 heavy (non-hydrogen) atoms. The van der Waals surface area contributed by atoms with E-state index in [1.54, 1.807) is 18.9 Å². The van der Waals surface area contributed by atoms with Crippen molar-refractivity contribution < 1.29 is 31.1 Å². The molecule has 0 radical (unpaired) electrons. The van der Waals surface area contributed by atoms with Crippen LogP contribution in [0, 0.1) is 13.8 Å². The zero-order valence-corrected chi connectivity index (χ0v) is 17.5. The van der Waals surface area contributed by atoms with E-state index >= 15 is 0 Å². The van der Waals surface area contributed by atoms with Gasteiger partial charge in [0, 0.05) is 36.6 Å². The van der Waals surface area contributed by atoms with Crippen LogP contribution in [-0.2, 0) is 17.1 Å². The second-order valence-corrected chi connectivity index (χ2v) is 7.73. The number of nitrogens with one attached hydrogen (secondary N) is 1. The van der Waals surface area contributed by atoms with Crippen molar-refractivity contribution in [2.45, 2.75) is 32.2 Å². The molecule has 0 saturated carbocycles. The molecule has 2 heterocycles. The molecule has 0 atom stereocenters. The molecule has 6 nitrogen and oxygen atoms in total. The highest BCUT2D eigenvalue weighted by molar-refractivity contribution is 5.92. The maximum absolute atomic E-state index is 13.0. The van der Waals surface area contributed by atoms with Gasteiger partial charge in [0.2, 0.25) is 5.91 Å². The molecule has 1 aromatic carbocycles. The van der Waals surface area contributed by atoms with Crippen LogP contribution >= 0.6 is 0 Å². The molecule has 0 unspecified atom stereocenters. The van der Waals surface area contributed by atoms with E-state index in [4.69, 9.17) is 0 Å². The predicted molar refractivity (Wildman–Crippen MR) is 105 cm³/mol. The van der Waals surface area contributed by atoms with Gasteiger partial charge in [-0.1, -0.05) is 0 Å². The number of halogens is 6. The van der Waals surface area contributed by atoms with Crippen LogP contribution in [0.2, 0.25) is 0 Å². The Morgan fingerprint density at radius 3 is 2.09 bits per heavy atom. The Hall–Kier alpha value is -2.89. The Morgan fingerprint density at radius 1 is 1.03 bits per heavy atom. The number of aryl methyl sites for hydroxylation is 2. The van der Waals surface area contributed by atoms with Crippen LogP contribution < -0.4 is 10.2 Å². The number of alkyl halides is 6. The lowest BCUT2D eigenvalue weighted by atomic mass is 10.1. The van der Waals surface area contributed by atoms with Gasteiger partial charge < -0.3 is 10.2 Å². The van der Waals surface area contributed by atoms with E-state index in [0.717, 1.165) is 11.5 Å². The second kappa shape index (κ2) is 8.57. The van der Waals surface area contributed by atoms with Gasteiger partial charge in [-0.2, -0.15) is 26.3 Å². The number of hydrogen-bond donors (Lipinski definition) is 1. The van der Waals surface area contributed by atoms with Gasteiger partial charge in [0.05, 0.1) is 17.7 Å². The first-order chi connectivity index (χ1) is 14.7. The molecule has 1 N–H and O–H groups in total. The van der Waals surface area contributed by atoms with E-state index in [1.807, 2.05) is 17.9 Å². The third-order valence-corrected chi connectivity index (χ3v) is 5.03. The van der Waals surface area contributed by atoms with Gasteiger partial charge in [-0.05, 0) is 39.1 Å². The molecule has 2 aromatic rings. The number of carbonyl (C=O) groups is 1. The second-order valence-electron chi connectivity index (χ2n) is 7.73. The molecule has 1 fully saturated rings. The monoisotopic (exact) mass is 461 g/mol. The Morgan fingerprint density at radius 2 is 1.59 bits per heavy atom. The lowest BCUT2D eigenvalue weighted by Gasteiger charge is -2.44. The fraction of sp³-hybridized carbons (Fsp3) is 0.450. The summed E-state index contributed by atoms with van der Waals surface area (Å²) >= 11 is 0. The van der Waals surface area contributed by atoms with Crippen molar-refractivity contribution in [2.75, 3.05) is 36.9 Å². The number of nitrogens with zero attached hydrogens (tertiary/aromatic N) is 4. The number of aromatic nitrogens is 2. The van der Waals surface area contributed by atoms with Crippen molar-refractivity contribution >= 4 is 17.4 Å². The summed E-state index contributed by atoms with van der Waals surface area (Å²) < 4.78 is 77.8. The van der Waals surface area contributed by atoms with E-state index in [0.29, 0.717) is 31.0 Å². The fourth-order valence-electron chi connectivity index (χ4n) is 3.36. The lowest BCUT2D eigenvalue weighted by Crippen LogP contribution is -2.59. The van der Waals surface area contributed by atoms with E-state index in [2.05, 4.69) is 15.3 Å². The Balaban J connectivity index is 1.62. The van der Waals surface area contributed by atoms with Gasteiger partial charge in [0.25, 0.3) is 0 Å². The maximum Gasteiger partial charge on any atom is 0.416 e. The fourth-order valence-corrected chi connectivity index (χ4v) is 3.36. The minimum Gasteiger partial charge on any atom is -0.353 e. The highest BCUT2D eigenvalue weighted by Gasteiger charge is 2.37. The van der Waals surface area contributed by atoms with Crippen LogP contribution in [-0.4, -0.2) is 53.5 Å². The number of anilines is 2. The van der Waals surface area contributed by atoms with Crippen LogP contribution in [0.1, 0.15) is 22.6 Å². The average molecular weight is 461 g/mol. The minimum absolute atomic E-state index is 0.0152. The molecule has 1 saturated heterocycles. The number of benzene rings is 1. The molecule has 1 aliphatic heterocycles. The van der Waals surface area contributed by atoms with Gasteiger partial charge in [-0.3, -0.25) is 9.69 Å². The van der Waals surface area contributed by atoms with Gasteiger partial charge >= 0.3 is 12.4 Å². The highest BCUT2D eigenvalue weighted by atomic mass is 19.4. The number of rotatable bonds is 5. The van der Waals surface area contributed by atoms with Gasteiger partial charge in [0.1, 0.15) is 11.6 Å². The summed E-state index contributed by atoms with van der Waals surface area (Å²) in [5.41, 5.74) is -2.71. The van der Waals surface area contributed by atoms with Crippen molar-refractivity contribution in [3.8, 4) is 0 Å². The number of likely N-dealkylation sites (N-methyl/N-ethyl adjacent to an activating group) is 1. The van der Waals surface area contributed by atoms with Crippen LogP contribution in [0.4, 0.5) is 37.8 Å². The lowest BCUT2D eigenvalue weighted by molar-refractivity contribution is -0.143. The summed E-state index contributed by atoms with van der Waals surface area (Å²) in [5, 5.41) is 2.14. The van der Waals surface area contributed by atoms with E-state index in [-0.39, 0.29) is 18.7 Å². The normalized spacial score (nSPS) is 15.1. The number of carbonyl (C=O) groups excluding carboxylic acids is 1. The summed E-state index contributed by atoms with van der Waals surface area (Å²) in [7, 11) is 1.66. The average Bonchev–Trinajstić information content (AvgIpc) is 2.57. The summed E-state index contributed by atoms with van der Waals surface area (Å²) in [4.78, 5) is 24.5. The first kappa shape index (κ1) is 23.8. The van der Waals surface area contributed by atoms with Gasteiger partial charge in [-0.15, -0.1) is 0 Å². The molecule has 0 spiro atoms. The molecule has 3 rings (SSSR count). The minimum atomic E-state index is -4.98. The first-order valence-corrected chi connectivity index (χ1v) is 9.59. The molecule has 0 bridgehead atoms. The number of amides is 1. The summed E-state index contributed by atoms with van der Waals surface area (Å²) in [6.07, 6.45) is -9.96. The molecule has 1 aromatic heterocycles. The van der Waals surface area contributed by atoms with Gasteiger partial charge in [-0.25, -0.2) is 9.97 Å². The molecule has 1 amide bonds. The topological polar surface area (TPSA) is 61.4 Å². The van der Waals surface area contributed by atoms with Crippen molar-refractivity contribution in [1.82, 2.24) is 14.9 Å². The van der Waals surface area contributed by atoms with Crippen molar-refractivity contribution in [1.29, 1.82) is 0 Å². The Bertz CT molecular complexity index is 948. The largest absolute Gasteiger partial charge is 0.416 e. The quantitative estimate of drug-likeness (QED) is 0.685. The van der Waals surface area contributed by atoms with Crippen molar-refractivity contribution in [2.24, 2.45) is 0 Å². The van der Waals surface area contributed by atoms with Gasteiger partial charge in [0.15, 0.2) is 0 Å². The molecule has 174 valence electrons. The highest BCUT2D eigenvalue weighted by Crippen LogP contribution is 2.37. The van der Waals surface area contributed by atoms with E-state index < -0.39 is 35.1 Å². The predicted octanol–water partition coefficient (Wildman–Crippen LogP) is 3.89. The standard InChI is InChI=1S/C20H21F6N5O/c1-11-4-17(28-12(2)27-11)31-8-16(9-31)30(3)10-18(32)29-15-6-13(19(21,22)23)5-14(7-15)20(24,25)26/h4-7,16H,8-10H2,1-3H3,(H,29,32). The van der Waals surface area contributed by atoms with Crippen molar-refractivity contribution in [3.05, 3.63) is 46.9 Å². The smallest absolute Gasteiger partial charge is 0.353 e. The third-order valence-electron chi connectivity index (χ3n) is 5.03. The first-order valence-electron chi connectivity index (χ1n) is 9.59. The molecular weight excluding hydrogens is 440 g/mol. The SMILES string of the molecule is Cc1cc(N2CC(N(C)CC(=O)Nc3cc(C(F)(F)F)cc(C(F)(F)F)c3)C2)nc(C)n1. The molecule has 12 heteroatoms. The van der Waals surface area contributed by atoms with Crippen molar-refractivity contribution in [3.63, 3.8) is 0 Å². The molecule has 0 aliphatic carbocycles. The molecule has 1 aliphatic rings. The number of hydrogen-bond acceptors (Lipinski definition) is 5. The van der Waals surface area contributed by atoms with Crippen LogP contribution in [0.15, 0.2) is 24.3 Å². The Kier molecular flexibility index (Phi) is 6.36. The molecular formula is C20H21F6N5O. The van der Waals surface area contributed by atoms with Crippen LogP contribution in [0.3, 0.4) is 0 Å². The van der Waals surface area contributed by atoms with Crippen LogP contribution in [0.25, 0.3) is 0 Å². The summed E-state index contributed by atoms with van der Waals surface area (Å²) in [6, 6.07) is 2.79. The zero-order valence-electron chi connectivity index (χ0n) is 17.5. The van der Waals surface area contributed by atoms with E-state index in [9.17, 15) is 31.1 Å². The zero-order chi connectivity index (χ0) is 23.8. The van der Waals surface area contributed by atoms with E-state index in [1.165, 1.54) is 0 Å².